The van der Waals surface area contributed by atoms with Crippen LogP contribution in [0.2, 0.25) is 0 Å². The predicted octanol–water partition coefficient (Wildman–Crippen LogP) is 2.23. The number of carboxylic acids is 2. The van der Waals surface area contributed by atoms with Gasteiger partial charge < -0.3 is 20.1 Å². The Balaban J connectivity index is 0.000000511. The summed E-state index contributed by atoms with van der Waals surface area (Å²) < 4.78 is 4.84. The molecule has 0 spiro atoms. The molecule has 110 valence electrons. The lowest BCUT2D eigenvalue weighted by Crippen LogP contribution is -2.03. The number of methoxy groups -OCH3 is 1. The van der Waals surface area contributed by atoms with Crippen LogP contribution in [0.1, 0.15) is 19.4 Å². The second-order valence-electron chi connectivity index (χ2n) is 4.10. The topological polar surface area (TPSA) is 104 Å². The molecule has 1 rings (SSSR count). The first kappa shape index (κ1) is 17.5. The van der Waals surface area contributed by atoms with E-state index in [4.69, 9.17) is 14.9 Å². The molecule has 0 aliphatic carbocycles. The van der Waals surface area contributed by atoms with Crippen LogP contribution in [-0.2, 0) is 9.59 Å². The summed E-state index contributed by atoms with van der Waals surface area (Å²) in [4.78, 5) is 19.9. The number of carbonyl (C=O) groups is 2. The van der Waals surface area contributed by atoms with E-state index in [9.17, 15) is 14.7 Å². The molecule has 0 amide bonds. The number of carboxylic acid groups (broad SMARTS) is 2. The van der Waals surface area contributed by atoms with Crippen LogP contribution in [0.5, 0.6) is 11.5 Å². The molecular formula is C14H18O6. The highest BCUT2D eigenvalue weighted by molar-refractivity contribution is 5.85. The van der Waals surface area contributed by atoms with E-state index in [2.05, 4.69) is 0 Å². The van der Waals surface area contributed by atoms with Gasteiger partial charge in [-0.15, -0.1) is 0 Å². The molecule has 6 nitrogen and oxygen atoms in total. The van der Waals surface area contributed by atoms with Crippen LogP contribution in [0.4, 0.5) is 0 Å². The maximum Gasteiger partial charge on any atom is 0.328 e. The quantitative estimate of drug-likeness (QED) is 0.731. The van der Waals surface area contributed by atoms with Gasteiger partial charge in [0.15, 0.2) is 11.5 Å². The summed E-state index contributed by atoms with van der Waals surface area (Å²) in [7, 11) is 1.45. The van der Waals surface area contributed by atoms with Crippen LogP contribution in [0.25, 0.3) is 6.08 Å². The number of benzene rings is 1. The lowest BCUT2D eigenvalue weighted by Gasteiger charge is -2.02. The van der Waals surface area contributed by atoms with E-state index >= 15 is 0 Å². The van der Waals surface area contributed by atoms with Crippen LogP contribution < -0.4 is 4.74 Å². The van der Waals surface area contributed by atoms with Gasteiger partial charge >= 0.3 is 11.9 Å². The summed E-state index contributed by atoms with van der Waals surface area (Å²) in [5.41, 5.74) is 0.603. The summed E-state index contributed by atoms with van der Waals surface area (Å²) in [6.07, 6.45) is 2.39. The number of aliphatic carboxylic acids is 2. The molecule has 0 bridgehead atoms. The summed E-state index contributed by atoms with van der Waals surface area (Å²) in [5, 5.41) is 25.7. The molecule has 0 aromatic heterocycles. The van der Waals surface area contributed by atoms with Gasteiger partial charge in [-0.05, 0) is 23.8 Å². The first-order valence-electron chi connectivity index (χ1n) is 5.78. The molecule has 0 aliphatic rings. The van der Waals surface area contributed by atoms with Gasteiger partial charge in [0.2, 0.25) is 0 Å². The molecule has 0 radical (unpaired) electrons. The van der Waals surface area contributed by atoms with Gasteiger partial charge in [-0.2, -0.15) is 0 Å². The Labute approximate surface area is 116 Å². The van der Waals surface area contributed by atoms with Gasteiger partial charge in [-0.25, -0.2) is 4.79 Å². The van der Waals surface area contributed by atoms with Crippen molar-refractivity contribution in [3.05, 3.63) is 29.8 Å². The summed E-state index contributed by atoms with van der Waals surface area (Å²) in [6, 6.07) is 4.65. The van der Waals surface area contributed by atoms with Crippen molar-refractivity contribution in [1.82, 2.24) is 0 Å². The molecule has 0 saturated heterocycles. The highest BCUT2D eigenvalue weighted by Crippen LogP contribution is 2.26. The highest BCUT2D eigenvalue weighted by atomic mass is 16.5. The van der Waals surface area contributed by atoms with Crippen LogP contribution in [0, 0.1) is 5.92 Å². The minimum Gasteiger partial charge on any atom is -0.504 e. The second kappa shape index (κ2) is 8.58. The Bertz CT molecular complexity index is 490. The van der Waals surface area contributed by atoms with Crippen LogP contribution >= 0.6 is 0 Å². The van der Waals surface area contributed by atoms with Crippen LogP contribution in [0.3, 0.4) is 0 Å². The van der Waals surface area contributed by atoms with Crippen molar-refractivity contribution < 1.29 is 29.6 Å². The fraction of sp³-hybridized carbons (Fsp3) is 0.286. The van der Waals surface area contributed by atoms with Crippen molar-refractivity contribution in [2.45, 2.75) is 13.8 Å². The Morgan fingerprint density at radius 2 is 1.80 bits per heavy atom. The maximum absolute atomic E-state index is 10.2. The van der Waals surface area contributed by atoms with Gasteiger partial charge in [0.05, 0.1) is 13.0 Å². The fourth-order valence-electron chi connectivity index (χ4n) is 0.978. The minimum absolute atomic E-state index is 0.0139. The predicted molar refractivity (Wildman–Crippen MR) is 73.8 cm³/mol. The lowest BCUT2D eigenvalue weighted by atomic mass is 10.2. The number of hydrogen-bond donors (Lipinski definition) is 3. The molecule has 3 N–H and O–H groups in total. The van der Waals surface area contributed by atoms with E-state index < -0.39 is 11.9 Å². The average Bonchev–Trinajstić information content (AvgIpc) is 2.37. The van der Waals surface area contributed by atoms with Crippen molar-refractivity contribution in [2.75, 3.05) is 7.11 Å². The van der Waals surface area contributed by atoms with E-state index in [1.807, 2.05) is 0 Å². The molecule has 0 saturated carbocycles. The van der Waals surface area contributed by atoms with Gasteiger partial charge in [0, 0.05) is 6.08 Å². The molecule has 1 aromatic carbocycles. The zero-order valence-corrected chi connectivity index (χ0v) is 11.5. The molecule has 0 aliphatic heterocycles. The molecule has 0 atom stereocenters. The van der Waals surface area contributed by atoms with Crippen molar-refractivity contribution in [2.24, 2.45) is 5.92 Å². The molecule has 0 unspecified atom stereocenters. The van der Waals surface area contributed by atoms with E-state index in [0.29, 0.717) is 11.3 Å². The standard InChI is InChI=1S/C10H10O4.C4H8O2/c1-14-9-4-2-7(6-8(9)11)3-5-10(12)13;1-3(2)4(5)6/h2-6,11H,1H3,(H,12,13);3H,1-2H3,(H,5,6). The summed E-state index contributed by atoms with van der Waals surface area (Å²) in [5.74, 6) is -1.65. The van der Waals surface area contributed by atoms with Crippen molar-refractivity contribution in [1.29, 1.82) is 0 Å². The Kier molecular flexibility index (Phi) is 7.50. The summed E-state index contributed by atoms with van der Waals surface area (Å²) >= 11 is 0. The smallest absolute Gasteiger partial charge is 0.328 e. The normalized spacial score (nSPS) is 10.0. The van der Waals surface area contributed by atoms with Crippen molar-refractivity contribution in [3.63, 3.8) is 0 Å². The van der Waals surface area contributed by atoms with Crippen molar-refractivity contribution in [3.8, 4) is 11.5 Å². The van der Waals surface area contributed by atoms with E-state index in [0.717, 1.165) is 6.08 Å². The Hall–Kier alpha value is -2.50. The number of ether oxygens (including phenoxy) is 1. The SMILES string of the molecule is CC(C)C(=O)O.COc1ccc(C=CC(=O)O)cc1O. The van der Waals surface area contributed by atoms with E-state index in [1.165, 1.54) is 19.3 Å². The van der Waals surface area contributed by atoms with Crippen LogP contribution in [0.15, 0.2) is 24.3 Å². The van der Waals surface area contributed by atoms with Crippen LogP contribution in [-0.4, -0.2) is 34.4 Å². The number of aromatic hydroxyl groups is 1. The third kappa shape index (κ3) is 7.05. The highest BCUT2D eigenvalue weighted by Gasteiger charge is 2.00. The number of hydrogen-bond acceptors (Lipinski definition) is 4. The van der Waals surface area contributed by atoms with Gasteiger partial charge in [-0.1, -0.05) is 19.9 Å². The van der Waals surface area contributed by atoms with E-state index in [1.54, 1.807) is 26.0 Å². The first-order chi connectivity index (χ1) is 9.27. The lowest BCUT2D eigenvalue weighted by molar-refractivity contribution is -0.140. The molecule has 0 heterocycles. The molecule has 0 fully saturated rings. The third-order valence-electron chi connectivity index (χ3n) is 2.12. The molecular weight excluding hydrogens is 264 g/mol. The first-order valence-corrected chi connectivity index (χ1v) is 5.78. The zero-order chi connectivity index (χ0) is 15.7. The zero-order valence-electron chi connectivity index (χ0n) is 11.5. The minimum atomic E-state index is -1.03. The molecule has 6 heteroatoms. The van der Waals surface area contributed by atoms with E-state index in [-0.39, 0.29) is 11.7 Å². The number of phenolic OH excluding ortho intramolecular Hbond substituents is 1. The largest absolute Gasteiger partial charge is 0.504 e. The summed E-state index contributed by atoms with van der Waals surface area (Å²) in [6.45, 7) is 3.28. The van der Waals surface area contributed by atoms with Gasteiger partial charge in [0.25, 0.3) is 0 Å². The van der Waals surface area contributed by atoms with Gasteiger partial charge in [0.1, 0.15) is 0 Å². The van der Waals surface area contributed by atoms with Gasteiger partial charge in [-0.3, -0.25) is 4.79 Å². The second-order valence-corrected chi connectivity index (χ2v) is 4.10. The average molecular weight is 282 g/mol. The van der Waals surface area contributed by atoms with Crippen molar-refractivity contribution >= 4 is 18.0 Å². The number of rotatable bonds is 4. The monoisotopic (exact) mass is 282 g/mol. The maximum atomic E-state index is 10.2. The molecule has 1 aromatic rings. The fourth-order valence-corrected chi connectivity index (χ4v) is 0.978. The Morgan fingerprint density at radius 1 is 1.25 bits per heavy atom. The molecule has 20 heavy (non-hydrogen) atoms. The number of phenols is 1. The third-order valence-corrected chi connectivity index (χ3v) is 2.12. The Morgan fingerprint density at radius 3 is 2.15 bits per heavy atom.